The Hall–Kier alpha value is -1.94. The fourth-order valence-corrected chi connectivity index (χ4v) is 1.64. The van der Waals surface area contributed by atoms with Gasteiger partial charge >= 0.3 is 0 Å². The Labute approximate surface area is 110 Å². The molecule has 1 N–H and O–H groups in total. The highest BCUT2D eigenvalue weighted by Crippen LogP contribution is 2.04. The third-order valence-corrected chi connectivity index (χ3v) is 2.55. The molecule has 5 heteroatoms. The van der Waals surface area contributed by atoms with Crippen molar-refractivity contribution in [1.82, 2.24) is 15.3 Å². The molecule has 2 aromatic rings. The average molecular weight is 262 g/mol. The van der Waals surface area contributed by atoms with Crippen LogP contribution in [-0.2, 0) is 6.42 Å². The number of nitrogens with one attached hydrogen (secondary N) is 1. The molecule has 0 bridgehead atoms. The first-order valence-corrected chi connectivity index (χ1v) is 5.94. The second-order valence-corrected chi connectivity index (χ2v) is 4.06. The first-order chi connectivity index (χ1) is 8.75. The van der Waals surface area contributed by atoms with E-state index in [4.69, 9.17) is 11.6 Å². The number of nitrogens with zero attached hydrogens (tertiary/aromatic N) is 2. The van der Waals surface area contributed by atoms with E-state index in [1.54, 1.807) is 24.4 Å². The summed E-state index contributed by atoms with van der Waals surface area (Å²) in [6.45, 7) is 0.518. The van der Waals surface area contributed by atoms with Crippen LogP contribution in [-0.4, -0.2) is 22.4 Å². The first kappa shape index (κ1) is 12.5. The van der Waals surface area contributed by atoms with Crippen LogP contribution in [0.25, 0.3) is 0 Å². The Kier molecular flexibility index (Phi) is 4.25. The van der Waals surface area contributed by atoms with Crippen molar-refractivity contribution in [3.05, 3.63) is 59.1 Å². The molecular weight excluding hydrogens is 250 g/mol. The van der Waals surface area contributed by atoms with Crippen LogP contribution in [0.5, 0.6) is 0 Å². The number of hydrogen-bond donors (Lipinski definition) is 1. The Morgan fingerprint density at radius 2 is 2.11 bits per heavy atom. The first-order valence-electron chi connectivity index (χ1n) is 5.56. The van der Waals surface area contributed by atoms with E-state index in [9.17, 15) is 4.79 Å². The molecule has 0 spiro atoms. The molecular formula is C13H12ClN3O. The molecule has 0 saturated carbocycles. The predicted octanol–water partition coefficient (Wildman–Crippen LogP) is 2.10. The monoisotopic (exact) mass is 261 g/mol. The maximum atomic E-state index is 11.7. The van der Waals surface area contributed by atoms with Gasteiger partial charge in [-0.2, -0.15) is 0 Å². The van der Waals surface area contributed by atoms with Crippen LogP contribution < -0.4 is 5.32 Å². The molecule has 1 amide bonds. The molecule has 0 aliphatic heterocycles. The molecule has 0 unspecified atom stereocenters. The van der Waals surface area contributed by atoms with Crippen molar-refractivity contribution in [1.29, 1.82) is 0 Å². The number of carbonyl (C=O) groups excluding carboxylic acids is 1. The van der Waals surface area contributed by atoms with Gasteiger partial charge in [-0.25, -0.2) is 4.98 Å². The number of aromatic nitrogens is 2. The number of rotatable bonds is 4. The van der Waals surface area contributed by atoms with E-state index >= 15 is 0 Å². The molecule has 18 heavy (non-hydrogen) atoms. The van der Waals surface area contributed by atoms with Gasteiger partial charge in [0.15, 0.2) is 0 Å². The van der Waals surface area contributed by atoms with Crippen molar-refractivity contribution in [2.24, 2.45) is 0 Å². The summed E-state index contributed by atoms with van der Waals surface area (Å²) in [7, 11) is 0. The molecule has 0 atom stereocenters. The number of carbonyl (C=O) groups is 1. The van der Waals surface area contributed by atoms with Gasteiger partial charge in [0.05, 0.1) is 0 Å². The fourth-order valence-electron chi connectivity index (χ4n) is 1.48. The average Bonchev–Trinajstić information content (AvgIpc) is 2.40. The standard InChI is InChI=1S/C13H12ClN3O/c14-12-6-3-5-11(17-12)13(18)16-9-7-10-4-1-2-8-15-10/h1-6,8H,7,9H2,(H,16,18). The number of amides is 1. The van der Waals surface area contributed by atoms with Crippen molar-refractivity contribution in [3.8, 4) is 0 Å². The predicted molar refractivity (Wildman–Crippen MR) is 69.5 cm³/mol. The van der Waals surface area contributed by atoms with Crippen molar-refractivity contribution < 1.29 is 4.79 Å². The van der Waals surface area contributed by atoms with Crippen molar-refractivity contribution in [3.63, 3.8) is 0 Å². The SMILES string of the molecule is O=C(NCCc1ccccn1)c1cccc(Cl)n1. The molecule has 0 radical (unpaired) electrons. The molecule has 0 aliphatic rings. The minimum absolute atomic E-state index is 0.228. The minimum Gasteiger partial charge on any atom is -0.350 e. The van der Waals surface area contributed by atoms with Gasteiger partial charge in [0.25, 0.3) is 5.91 Å². The highest BCUT2D eigenvalue weighted by atomic mass is 35.5. The second-order valence-electron chi connectivity index (χ2n) is 3.67. The highest BCUT2D eigenvalue weighted by molar-refractivity contribution is 6.29. The molecule has 0 fully saturated rings. The molecule has 2 heterocycles. The lowest BCUT2D eigenvalue weighted by molar-refractivity contribution is 0.0949. The molecule has 92 valence electrons. The van der Waals surface area contributed by atoms with E-state index in [1.807, 2.05) is 18.2 Å². The van der Waals surface area contributed by atoms with Gasteiger partial charge < -0.3 is 5.32 Å². The van der Waals surface area contributed by atoms with Crippen LogP contribution in [0.15, 0.2) is 42.6 Å². The lowest BCUT2D eigenvalue weighted by Crippen LogP contribution is -2.26. The van der Waals surface area contributed by atoms with E-state index in [2.05, 4.69) is 15.3 Å². The second kappa shape index (κ2) is 6.12. The Balaban J connectivity index is 1.86. The summed E-state index contributed by atoms with van der Waals surface area (Å²) in [6.07, 6.45) is 2.42. The fraction of sp³-hybridized carbons (Fsp3) is 0.154. The Morgan fingerprint density at radius 3 is 2.83 bits per heavy atom. The summed E-state index contributed by atoms with van der Waals surface area (Å²) in [5, 5.41) is 3.09. The van der Waals surface area contributed by atoms with Gasteiger partial charge in [-0.3, -0.25) is 9.78 Å². The van der Waals surface area contributed by atoms with E-state index in [1.165, 1.54) is 0 Å². The Bertz CT molecular complexity index is 531. The minimum atomic E-state index is -0.228. The summed E-state index contributed by atoms with van der Waals surface area (Å²) in [5.74, 6) is -0.228. The molecule has 4 nitrogen and oxygen atoms in total. The quantitative estimate of drug-likeness (QED) is 0.858. The zero-order valence-corrected chi connectivity index (χ0v) is 10.4. The van der Waals surface area contributed by atoms with E-state index in [0.29, 0.717) is 23.8 Å². The molecule has 0 saturated heterocycles. The summed E-state index contributed by atoms with van der Waals surface area (Å²) < 4.78 is 0. The number of hydrogen-bond acceptors (Lipinski definition) is 3. The normalized spacial score (nSPS) is 10.1. The third kappa shape index (κ3) is 3.53. The van der Waals surface area contributed by atoms with Crippen molar-refractivity contribution in [2.45, 2.75) is 6.42 Å². The zero-order valence-electron chi connectivity index (χ0n) is 9.64. The van der Waals surface area contributed by atoms with Crippen LogP contribution in [0.2, 0.25) is 5.15 Å². The molecule has 2 aromatic heterocycles. The van der Waals surface area contributed by atoms with Gasteiger partial charge in [-0.05, 0) is 24.3 Å². The van der Waals surface area contributed by atoms with Crippen LogP contribution in [0.1, 0.15) is 16.2 Å². The van der Waals surface area contributed by atoms with E-state index < -0.39 is 0 Å². The molecule has 0 aromatic carbocycles. The van der Waals surface area contributed by atoms with Gasteiger partial charge in [0.1, 0.15) is 10.8 Å². The van der Waals surface area contributed by atoms with E-state index in [-0.39, 0.29) is 5.91 Å². The van der Waals surface area contributed by atoms with Crippen LogP contribution in [0, 0.1) is 0 Å². The summed E-state index contributed by atoms with van der Waals surface area (Å²) >= 11 is 5.72. The zero-order chi connectivity index (χ0) is 12.8. The van der Waals surface area contributed by atoms with Gasteiger partial charge in [0, 0.05) is 24.9 Å². The summed E-state index contributed by atoms with van der Waals surface area (Å²) in [4.78, 5) is 19.8. The lowest BCUT2D eigenvalue weighted by atomic mass is 10.2. The molecule has 2 rings (SSSR count). The number of pyridine rings is 2. The summed E-state index contributed by atoms with van der Waals surface area (Å²) in [5.41, 5.74) is 1.26. The largest absolute Gasteiger partial charge is 0.350 e. The Morgan fingerprint density at radius 1 is 1.22 bits per heavy atom. The lowest BCUT2D eigenvalue weighted by Gasteiger charge is -2.04. The highest BCUT2D eigenvalue weighted by Gasteiger charge is 2.06. The van der Waals surface area contributed by atoms with Gasteiger partial charge in [-0.1, -0.05) is 23.7 Å². The van der Waals surface area contributed by atoms with Crippen LogP contribution >= 0.6 is 11.6 Å². The van der Waals surface area contributed by atoms with Gasteiger partial charge in [-0.15, -0.1) is 0 Å². The topological polar surface area (TPSA) is 54.9 Å². The van der Waals surface area contributed by atoms with Crippen molar-refractivity contribution in [2.75, 3.05) is 6.54 Å². The van der Waals surface area contributed by atoms with Crippen molar-refractivity contribution >= 4 is 17.5 Å². The van der Waals surface area contributed by atoms with Crippen LogP contribution in [0.3, 0.4) is 0 Å². The maximum Gasteiger partial charge on any atom is 0.269 e. The third-order valence-electron chi connectivity index (χ3n) is 2.34. The van der Waals surface area contributed by atoms with E-state index in [0.717, 1.165) is 5.69 Å². The molecule has 0 aliphatic carbocycles. The van der Waals surface area contributed by atoms with Gasteiger partial charge in [0.2, 0.25) is 0 Å². The smallest absolute Gasteiger partial charge is 0.269 e. The number of halogens is 1. The maximum absolute atomic E-state index is 11.7. The van der Waals surface area contributed by atoms with Crippen LogP contribution in [0.4, 0.5) is 0 Å². The summed E-state index contributed by atoms with van der Waals surface area (Å²) in [6, 6.07) is 10.7.